The molecule has 1 fully saturated rings. The van der Waals surface area contributed by atoms with Gasteiger partial charge in [0.2, 0.25) is 0 Å². The fourth-order valence-corrected chi connectivity index (χ4v) is 2.67. The van der Waals surface area contributed by atoms with E-state index in [-0.39, 0.29) is 0 Å². The van der Waals surface area contributed by atoms with E-state index in [9.17, 15) is 0 Å². The lowest BCUT2D eigenvalue weighted by Gasteiger charge is -2.27. The molecule has 1 aromatic rings. The largest absolute Gasteiger partial charge is 0.334 e. The van der Waals surface area contributed by atoms with Crippen molar-refractivity contribution < 1.29 is 0 Å². The minimum Gasteiger partial charge on any atom is -0.334 e. The Hall–Kier alpha value is -0.830. The average Bonchev–Trinajstić information content (AvgIpc) is 2.59. The molecule has 1 atom stereocenters. The molecule has 3 heteroatoms. The molecule has 1 aromatic heterocycles. The molecule has 0 spiro atoms. The molecule has 0 amide bonds. The van der Waals surface area contributed by atoms with E-state index in [2.05, 4.69) is 21.8 Å². The molecule has 1 aliphatic heterocycles. The maximum Gasteiger partial charge on any atom is 0.0952 e. The Morgan fingerprint density at radius 1 is 1.44 bits per heavy atom. The van der Waals surface area contributed by atoms with Gasteiger partial charge < -0.3 is 9.88 Å². The minimum absolute atomic E-state index is 0.762. The Morgan fingerprint density at radius 3 is 3.06 bits per heavy atom. The lowest BCUT2D eigenvalue weighted by molar-refractivity contribution is 0.335. The van der Waals surface area contributed by atoms with E-state index in [1.54, 1.807) is 0 Å². The van der Waals surface area contributed by atoms with Crippen LogP contribution in [0.1, 0.15) is 44.0 Å². The molecule has 2 heterocycles. The zero-order chi connectivity index (χ0) is 11.0. The monoisotopic (exact) mass is 219 g/mol. The number of imidazole rings is 1. The molecule has 3 nitrogen and oxygen atoms in total. The molecular formula is C13H21N3. The highest BCUT2D eigenvalue weighted by Crippen LogP contribution is 2.23. The first-order chi connectivity index (χ1) is 7.83. The van der Waals surface area contributed by atoms with E-state index in [1.807, 2.05) is 6.33 Å². The van der Waals surface area contributed by atoms with Crippen LogP contribution in [-0.4, -0.2) is 15.6 Å². The Kier molecular flexibility index (Phi) is 2.72. The molecule has 3 rings (SSSR count). The van der Waals surface area contributed by atoms with Gasteiger partial charge in [-0.05, 0) is 31.6 Å². The molecule has 16 heavy (non-hydrogen) atoms. The molecular weight excluding hydrogens is 198 g/mol. The first-order valence-electron chi connectivity index (χ1n) is 6.59. The van der Waals surface area contributed by atoms with Gasteiger partial charge in [-0.25, -0.2) is 4.98 Å². The third-order valence-electron chi connectivity index (χ3n) is 4.10. The van der Waals surface area contributed by atoms with Crippen molar-refractivity contribution >= 4 is 0 Å². The summed E-state index contributed by atoms with van der Waals surface area (Å²) in [7, 11) is 0. The summed E-state index contributed by atoms with van der Waals surface area (Å²) in [5.41, 5.74) is 2.77. The fourth-order valence-electron chi connectivity index (χ4n) is 2.67. The van der Waals surface area contributed by atoms with E-state index in [1.165, 1.54) is 43.5 Å². The molecule has 88 valence electrons. The summed E-state index contributed by atoms with van der Waals surface area (Å²) < 4.78 is 2.35. The third-order valence-corrected chi connectivity index (χ3v) is 4.10. The summed E-state index contributed by atoms with van der Waals surface area (Å²) in [6.07, 6.45) is 8.65. The minimum atomic E-state index is 0.762. The summed E-state index contributed by atoms with van der Waals surface area (Å²) in [4.78, 5) is 4.56. The van der Waals surface area contributed by atoms with Gasteiger partial charge in [-0.15, -0.1) is 0 Å². The maximum absolute atomic E-state index is 4.56. The van der Waals surface area contributed by atoms with Gasteiger partial charge in [-0.3, -0.25) is 0 Å². The summed E-state index contributed by atoms with van der Waals surface area (Å²) in [6, 6.07) is 0.762. The predicted molar refractivity (Wildman–Crippen MR) is 64.2 cm³/mol. The molecule has 1 aliphatic carbocycles. The van der Waals surface area contributed by atoms with Crippen molar-refractivity contribution in [3.8, 4) is 0 Å². The molecule has 0 aromatic carbocycles. The molecule has 0 radical (unpaired) electrons. The zero-order valence-electron chi connectivity index (χ0n) is 10.1. The topological polar surface area (TPSA) is 29.9 Å². The number of aryl methyl sites for hydroxylation is 1. The van der Waals surface area contributed by atoms with E-state index in [0.29, 0.717) is 0 Å². The van der Waals surface area contributed by atoms with Crippen LogP contribution in [0.25, 0.3) is 0 Å². The molecule has 2 aliphatic rings. The van der Waals surface area contributed by atoms with Gasteiger partial charge in [0.05, 0.1) is 12.0 Å². The predicted octanol–water partition coefficient (Wildman–Crippen LogP) is 2.11. The summed E-state index contributed by atoms with van der Waals surface area (Å²) >= 11 is 0. The highest BCUT2D eigenvalue weighted by Gasteiger charge is 2.21. The number of nitrogens with one attached hydrogen (secondary N) is 1. The Bertz CT molecular complexity index is 365. The van der Waals surface area contributed by atoms with Crippen LogP contribution in [0.2, 0.25) is 0 Å². The van der Waals surface area contributed by atoms with Crippen molar-refractivity contribution in [3.63, 3.8) is 0 Å². The summed E-state index contributed by atoms with van der Waals surface area (Å²) in [6.45, 7) is 4.48. The zero-order valence-corrected chi connectivity index (χ0v) is 10.1. The first kappa shape index (κ1) is 10.3. The van der Waals surface area contributed by atoms with Crippen molar-refractivity contribution in [2.75, 3.05) is 0 Å². The number of aromatic nitrogens is 2. The lowest BCUT2D eigenvalue weighted by Crippen LogP contribution is -2.35. The van der Waals surface area contributed by atoms with Crippen molar-refractivity contribution in [3.05, 3.63) is 17.7 Å². The second-order valence-corrected chi connectivity index (χ2v) is 5.44. The number of hydrogen-bond acceptors (Lipinski definition) is 2. The van der Waals surface area contributed by atoms with Crippen LogP contribution >= 0.6 is 0 Å². The Morgan fingerprint density at radius 2 is 2.31 bits per heavy atom. The standard InChI is InChI=1S/C13H21N3/c1-10-5-6-16-9-15-12(13(16)7-10)8-14-11-3-2-4-11/h9-11,14H,2-8H2,1H3. The summed E-state index contributed by atoms with van der Waals surface area (Å²) in [5, 5.41) is 3.61. The smallest absolute Gasteiger partial charge is 0.0952 e. The van der Waals surface area contributed by atoms with Crippen LogP contribution in [0.15, 0.2) is 6.33 Å². The van der Waals surface area contributed by atoms with Crippen molar-refractivity contribution in [2.24, 2.45) is 5.92 Å². The Balaban J connectivity index is 1.67. The fraction of sp³-hybridized carbons (Fsp3) is 0.769. The van der Waals surface area contributed by atoms with E-state index in [0.717, 1.165) is 25.0 Å². The van der Waals surface area contributed by atoms with E-state index in [4.69, 9.17) is 0 Å². The van der Waals surface area contributed by atoms with Crippen LogP contribution in [0.4, 0.5) is 0 Å². The number of rotatable bonds is 3. The number of fused-ring (bicyclic) bond motifs is 1. The van der Waals surface area contributed by atoms with Gasteiger partial charge in [0, 0.05) is 24.8 Å². The van der Waals surface area contributed by atoms with Crippen LogP contribution in [0, 0.1) is 5.92 Å². The van der Waals surface area contributed by atoms with E-state index >= 15 is 0 Å². The summed E-state index contributed by atoms with van der Waals surface area (Å²) in [5.74, 6) is 0.826. The second-order valence-electron chi connectivity index (χ2n) is 5.44. The molecule has 0 saturated heterocycles. The Labute approximate surface area is 97.3 Å². The van der Waals surface area contributed by atoms with Crippen LogP contribution in [0.5, 0.6) is 0 Å². The molecule has 1 saturated carbocycles. The molecule has 1 N–H and O–H groups in total. The lowest BCUT2D eigenvalue weighted by atomic mass is 9.93. The van der Waals surface area contributed by atoms with Gasteiger partial charge in [0.1, 0.15) is 0 Å². The number of nitrogens with zero attached hydrogens (tertiary/aromatic N) is 2. The highest BCUT2D eigenvalue weighted by atomic mass is 15.1. The SMILES string of the molecule is CC1CCn2cnc(CNC3CCC3)c2C1. The van der Waals surface area contributed by atoms with Crippen LogP contribution in [0.3, 0.4) is 0 Å². The first-order valence-corrected chi connectivity index (χ1v) is 6.59. The van der Waals surface area contributed by atoms with Crippen LogP contribution < -0.4 is 5.32 Å². The van der Waals surface area contributed by atoms with Gasteiger partial charge in [-0.2, -0.15) is 0 Å². The second kappa shape index (κ2) is 4.21. The van der Waals surface area contributed by atoms with Gasteiger partial charge in [0.25, 0.3) is 0 Å². The highest BCUT2D eigenvalue weighted by molar-refractivity contribution is 5.15. The van der Waals surface area contributed by atoms with Crippen LogP contribution in [-0.2, 0) is 19.5 Å². The van der Waals surface area contributed by atoms with Crippen molar-refractivity contribution in [1.29, 1.82) is 0 Å². The molecule has 1 unspecified atom stereocenters. The normalized spacial score (nSPS) is 25.2. The van der Waals surface area contributed by atoms with Gasteiger partial charge in [0.15, 0.2) is 0 Å². The molecule has 0 bridgehead atoms. The van der Waals surface area contributed by atoms with Gasteiger partial charge >= 0.3 is 0 Å². The van der Waals surface area contributed by atoms with E-state index < -0.39 is 0 Å². The quantitative estimate of drug-likeness (QED) is 0.844. The van der Waals surface area contributed by atoms with Crippen molar-refractivity contribution in [2.45, 2.75) is 58.2 Å². The average molecular weight is 219 g/mol. The van der Waals surface area contributed by atoms with Crippen molar-refractivity contribution in [1.82, 2.24) is 14.9 Å². The third kappa shape index (κ3) is 1.88. The maximum atomic E-state index is 4.56. The number of hydrogen-bond donors (Lipinski definition) is 1. The van der Waals surface area contributed by atoms with Gasteiger partial charge in [-0.1, -0.05) is 13.3 Å².